The molecule has 7 nitrogen and oxygen atoms in total. The molecular formula is C18H24N2O5S. The number of hydrogen-bond donors (Lipinski definition) is 1. The van der Waals surface area contributed by atoms with Gasteiger partial charge in [-0.3, -0.25) is 13.9 Å². The van der Waals surface area contributed by atoms with Crippen LogP contribution in [-0.4, -0.2) is 55.7 Å². The molecule has 0 saturated carbocycles. The van der Waals surface area contributed by atoms with Crippen LogP contribution >= 0.6 is 0 Å². The summed E-state index contributed by atoms with van der Waals surface area (Å²) in [6, 6.07) is 5.09. The zero-order valence-electron chi connectivity index (χ0n) is 15.0. The molecule has 2 aliphatic heterocycles. The Morgan fingerprint density at radius 1 is 1.23 bits per heavy atom. The lowest BCUT2D eigenvalue weighted by atomic mass is 9.86. The lowest BCUT2D eigenvalue weighted by Gasteiger charge is -2.35. The van der Waals surface area contributed by atoms with E-state index >= 15 is 0 Å². The van der Waals surface area contributed by atoms with Crippen LogP contribution in [0.1, 0.15) is 35.7 Å². The molecule has 2 saturated heterocycles. The van der Waals surface area contributed by atoms with Crippen molar-refractivity contribution in [3.63, 3.8) is 0 Å². The summed E-state index contributed by atoms with van der Waals surface area (Å²) in [7, 11) is -3.25. The van der Waals surface area contributed by atoms with Gasteiger partial charge in [0.2, 0.25) is 10.0 Å². The zero-order chi connectivity index (χ0) is 19.1. The SMILES string of the molecule is Cc1cc(N2CCCS2(=O)=O)ccc1C(=O)N1CCC(C(=O)O)C(C)C1. The first-order valence-electron chi connectivity index (χ1n) is 8.84. The van der Waals surface area contributed by atoms with Gasteiger partial charge >= 0.3 is 5.97 Å². The third kappa shape index (κ3) is 3.42. The highest BCUT2D eigenvalue weighted by Crippen LogP contribution is 2.28. The van der Waals surface area contributed by atoms with Crippen molar-refractivity contribution in [3.8, 4) is 0 Å². The van der Waals surface area contributed by atoms with Gasteiger partial charge in [0.1, 0.15) is 0 Å². The summed E-state index contributed by atoms with van der Waals surface area (Å²) >= 11 is 0. The Kier molecular flexibility index (Phi) is 4.96. The number of amides is 1. The van der Waals surface area contributed by atoms with Gasteiger partial charge in [-0.15, -0.1) is 0 Å². The summed E-state index contributed by atoms with van der Waals surface area (Å²) in [5.41, 5.74) is 1.85. The molecule has 142 valence electrons. The van der Waals surface area contributed by atoms with Crippen LogP contribution < -0.4 is 4.31 Å². The Hall–Kier alpha value is -2.09. The van der Waals surface area contributed by atoms with E-state index in [9.17, 15) is 23.1 Å². The third-order valence-electron chi connectivity index (χ3n) is 5.34. The molecule has 8 heteroatoms. The molecule has 1 N–H and O–H groups in total. The van der Waals surface area contributed by atoms with Gasteiger partial charge in [0.15, 0.2) is 0 Å². The molecule has 3 rings (SSSR count). The molecule has 2 atom stereocenters. The van der Waals surface area contributed by atoms with E-state index in [1.54, 1.807) is 30.0 Å². The number of aliphatic carboxylic acids is 1. The van der Waals surface area contributed by atoms with Gasteiger partial charge in [0, 0.05) is 25.2 Å². The first-order chi connectivity index (χ1) is 12.2. The summed E-state index contributed by atoms with van der Waals surface area (Å²) in [5, 5.41) is 9.21. The standard InChI is InChI=1S/C18H24N2O5S/c1-12-10-14(20-7-3-9-26(20,24)25)4-5-15(12)17(21)19-8-6-16(18(22)23)13(2)11-19/h4-5,10,13,16H,3,6-9,11H2,1-2H3,(H,22,23). The van der Waals surface area contributed by atoms with E-state index in [4.69, 9.17) is 0 Å². The van der Waals surface area contributed by atoms with Gasteiger partial charge in [-0.1, -0.05) is 6.92 Å². The molecule has 2 fully saturated rings. The predicted molar refractivity (Wildman–Crippen MR) is 97.7 cm³/mol. The van der Waals surface area contributed by atoms with Crippen molar-refractivity contribution in [1.29, 1.82) is 0 Å². The fraction of sp³-hybridized carbons (Fsp3) is 0.556. The average Bonchev–Trinajstić information content (AvgIpc) is 2.93. The van der Waals surface area contributed by atoms with Gasteiger partial charge in [-0.25, -0.2) is 8.42 Å². The van der Waals surface area contributed by atoms with Crippen LogP contribution in [0, 0.1) is 18.8 Å². The highest BCUT2D eigenvalue weighted by Gasteiger charge is 2.34. The second kappa shape index (κ2) is 6.90. The lowest BCUT2D eigenvalue weighted by Crippen LogP contribution is -2.45. The van der Waals surface area contributed by atoms with Gasteiger partial charge in [0.25, 0.3) is 5.91 Å². The van der Waals surface area contributed by atoms with E-state index in [2.05, 4.69) is 0 Å². The molecule has 1 aromatic carbocycles. The lowest BCUT2D eigenvalue weighted by molar-refractivity contribution is -0.145. The number of carboxylic acids is 1. The van der Waals surface area contributed by atoms with Gasteiger partial charge in [-0.2, -0.15) is 0 Å². The molecule has 2 heterocycles. The third-order valence-corrected chi connectivity index (χ3v) is 7.21. The van der Waals surface area contributed by atoms with Crippen LogP contribution in [0.3, 0.4) is 0 Å². The summed E-state index contributed by atoms with van der Waals surface area (Å²) in [6.45, 7) is 4.95. The first-order valence-corrected chi connectivity index (χ1v) is 10.4. The van der Waals surface area contributed by atoms with E-state index in [1.165, 1.54) is 4.31 Å². The van der Waals surface area contributed by atoms with Gasteiger partial charge in [0.05, 0.1) is 17.4 Å². The van der Waals surface area contributed by atoms with Crippen molar-refractivity contribution in [1.82, 2.24) is 4.90 Å². The van der Waals surface area contributed by atoms with E-state index in [1.807, 2.05) is 6.92 Å². The number of piperidine rings is 1. The largest absolute Gasteiger partial charge is 0.481 e. The maximum Gasteiger partial charge on any atom is 0.306 e. The van der Waals surface area contributed by atoms with Crippen molar-refractivity contribution < 1.29 is 23.1 Å². The highest BCUT2D eigenvalue weighted by atomic mass is 32.2. The Labute approximate surface area is 153 Å². The minimum Gasteiger partial charge on any atom is -0.481 e. The molecule has 2 unspecified atom stereocenters. The normalized spacial score (nSPS) is 25.3. The van der Waals surface area contributed by atoms with Crippen LogP contribution in [0.25, 0.3) is 0 Å². The summed E-state index contributed by atoms with van der Waals surface area (Å²) in [6.07, 6.45) is 1.06. The number of sulfonamides is 1. The zero-order valence-corrected chi connectivity index (χ0v) is 15.8. The Morgan fingerprint density at radius 3 is 2.50 bits per heavy atom. The fourth-order valence-corrected chi connectivity index (χ4v) is 5.40. The number of nitrogens with zero attached hydrogens (tertiary/aromatic N) is 2. The Morgan fingerprint density at radius 2 is 1.96 bits per heavy atom. The molecule has 0 spiro atoms. The van der Waals surface area contributed by atoms with Crippen LogP contribution in [0.15, 0.2) is 18.2 Å². The number of aryl methyl sites for hydroxylation is 1. The first kappa shape index (κ1) is 18.7. The van der Waals surface area contributed by atoms with E-state index < -0.39 is 21.9 Å². The van der Waals surface area contributed by atoms with Crippen molar-refractivity contribution in [2.24, 2.45) is 11.8 Å². The molecular weight excluding hydrogens is 356 g/mol. The molecule has 0 radical (unpaired) electrons. The molecule has 0 aromatic heterocycles. The molecule has 2 aliphatic rings. The summed E-state index contributed by atoms with van der Waals surface area (Å²) in [4.78, 5) is 25.8. The minimum absolute atomic E-state index is 0.0977. The minimum atomic E-state index is -3.25. The molecule has 26 heavy (non-hydrogen) atoms. The smallest absolute Gasteiger partial charge is 0.306 e. The van der Waals surface area contributed by atoms with Crippen LogP contribution in [0.2, 0.25) is 0 Å². The van der Waals surface area contributed by atoms with Crippen LogP contribution in [-0.2, 0) is 14.8 Å². The number of carboxylic acid groups (broad SMARTS) is 1. The van der Waals surface area contributed by atoms with Gasteiger partial charge < -0.3 is 10.0 Å². The maximum atomic E-state index is 12.8. The average molecular weight is 380 g/mol. The van der Waals surface area contributed by atoms with Crippen molar-refractivity contribution >= 4 is 27.6 Å². The topological polar surface area (TPSA) is 95.0 Å². The van der Waals surface area contributed by atoms with Crippen LogP contribution in [0.5, 0.6) is 0 Å². The van der Waals surface area contributed by atoms with E-state index in [0.29, 0.717) is 43.7 Å². The van der Waals surface area contributed by atoms with E-state index in [-0.39, 0.29) is 17.6 Å². The molecule has 1 amide bonds. The summed E-state index contributed by atoms with van der Waals surface area (Å²) < 4.78 is 25.5. The number of hydrogen-bond acceptors (Lipinski definition) is 4. The second-order valence-corrected chi connectivity index (χ2v) is 9.22. The van der Waals surface area contributed by atoms with Crippen LogP contribution in [0.4, 0.5) is 5.69 Å². The van der Waals surface area contributed by atoms with Crippen molar-refractivity contribution in [2.45, 2.75) is 26.7 Å². The maximum absolute atomic E-state index is 12.8. The summed E-state index contributed by atoms with van der Waals surface area (Å²) in [5.74, 6) is -1.29. The van der Waals surface area contributed by atoms with Gasteiger partial charge in [-0.05, 0) is 49.4 Å². The number of anilines is 1. The Balaban J connectivity index is 1.78. The Bertz CT molecular complexity index is 836. The monoisotopic (exact) mass is 380 g/mol. The predicted octanol–water partition coefficient (Wildman–Crippen LogP) is 1.72. The number of carbonyl (C=O) groups excluding carboxylic acids is 1. The number of likely N-dealkylation sites (tertiary alicyclic amines) is 1. The number of rotatable bonds is 3. The highest BCUT2D eigenvalue weighted by molar-refractivity contribution is 7.93. The van der Waals surface area contributed by atoms with E-state index in [0.717, 1.165) is 5.56 Å². The quantitative estimate of drug-likeness (QED) is 0.861. The number of carbonyl (C=O) groups is 2. The molecule has 0 aliphatic carbocycles. The van der Waals surface area contributed by atoms with Crippen molar-refractivity contribution in [3.05, 3.63) is 29.3 Å². The number of benzene rings is 1. The molecule has 0 bridgehead atoms. The fourth-order valence-electron chi connectivity index (χ4n) is 3.84. The van der Waals surface area contributed by atoms with Crippen molar-refractivity contribution in [2.75, 3.05) is 29.7 Å². The molecule has 1 aromatic rings. The second-order valence-electron chi connectivity index (χ2n) is 7.20.